The molecule has 6 heteroatoms. The predicted molar refractivity (Wildman–Crippen MR) is 118 cm³/mol. The number of piperidine rings is 1. The first kappa shape index (κ1) is 23.0. The Morgan fingerprint density at radius 2 is 2.03 bits per heavy atom. The van der Waals surface area contributed by atoms with Gasteiger partial charge in [-0.2, -0.15) is 0 Å². The van der Waals surface area contributed by atoms with Crippen molar-refractivity contribution < 1.29 is 9.59 Å². The van der Waals surface area contributed by atoms with Crippen molar-refractivity contribution in [2.45, 2.75) is 39.7 Å². The lowest BCUT2D eigenvalue weighted by atomic mass is 9.89. The third-order valence-corrected chi connectivity index (χ3v) is 5.24. The van der Waals surface area contributed by atoms with E-state index in [0.717, 1.165) is 29.7 Å². The highest BCUT2D eigenvalue weighted by atomic mass is 35.5. The van der Waals surface area contributed by atoms with Crippen molar-refractivity contribution >= 4 is 24.1 Å². The van der Waals surface area contributed by atoms with E-state index in [1.165, 1.54) is 0 Å². The van der Waals surface area contributed by atoms with Gasteiger partial charge in [-0.05, 0) is 42.5 Å². The molecule has 1 aliphatic heterocycles. The molecule has 3 rings (SSSR count). The van der Waals surface area contributed by atoms with Crippen molar-refractivity contribution in [1.29, 1.82) is 0 Å². The minimum absolute atomic E-state index is 0. The number of hydrogen-bond acceptors (Lipinski definition) is 4. The van der Waals surface area contributed by atoms with E-state index in [4.69, 9.17) is 5.73 Å². The molecule has 1 saturated heterocycles. The topological polar surface area (TPSA) is 76.3 Å². The first-order valence-corrected chi connectivity index (χ1v) is 10.1. The number of likely N-dealkylation sites (tertiary alicyclic amines) is 1. The zero-order chi connectivity index (χ0) is 20.1. The van der Waals surface area contributed by atoms with Gasteiger partial charge in [0.05, 0.1) is 11.3 Å². The van der Waals surface area contributed by atoms with Gasteiger partial charge in [-0.1, -0.05) is 32.0 Å². The number of Topliss-reactive ketones (excluding diaryl/α,β-unsaturated/α-hetero) is 1. The molecule has 1 amide bonds. The molecule has 2 N–H and O–H groups in total. The molecule has 0 aliphatic carbocycles. The highest BCUT2D eigenvalue weighted by Crippen LogP contribution is 2.23. The van der Waals surface area contributed by atoms with Gasteiger partial charge in [0.1, 0.15) is 5.78 Å². The average Bonchev–Trinajstić information content (AvgIpc) is 2.73. The van der Waals surface area contributed by atoms with Crippen LogP contribution in [0.25, 0.3) is 11.3 Å². The standard InChI is InChI=1S/C23H29N3O2.ClH/c1-16(2)11-22(27)20-7-4-10-26(15-20)23(28)19-8-9-21(25-14-19)18-6-3-5-17(12-18)13-24;/h3,5-6,8-9,12,14,16,20H,4,7,10-11,13,15,24H2,1-2H3;1H. The van der Waals surface area contributed by atoms with Crippen LogP contribution in [0.2, 0.25) is 0 Å². The first-order valence-electron chi connectivity index (χ1n) is 10.1. The number of nitrogens with zero attached hydrogens (tertiary/aromatic N) is 2. The molecule has 1 fully saturated rings. The van der Waals surface area contributed by atoms with Crippen LogP contribution in [0.5, 0.6) is 0 Å². The van der Waals surface area contributed by atoms with E-state index >= 15 is 0 Å². The third-order valence-electron chi connectivity index (χ3n) is 5.24. The van der Waals surface area contributed by atoms with E-state index in [-0.39, 0.29) is 30.0 Å². The van der Waals surface area contributed by atoms with Gasteiger partial charge < -0.3 is 10.6 Å². The molecule has 1 aromatic carbocycles. The monoisotopic (exact) mass is 415 g/mol. The summed E-state index contributed by atoms with van der Waals surface area (Å²) < 4.78 is 0. The summed E-state index contributed by atoms with van der Waals surface area (Å²) in [6.07, 6.45) is 3.97. The molecule has 0 radical (unpaired) electrons. The minimum atomic E-state index is -0.0446. The maximum atomic E-state index is 12.9. The fraction of sp³-hybridized carbons (Fsp3) is 0.435. The van der Waals surface area contributed by atoms with Crippen molar-refractivity contribution in [3.8, 4) is 11.3 Å². The molecule has 29 heavy (non-hydrogen) atoms. The van der Waals surface area contributed by atoms with Crippen LogP contribution >= 0.6 is 12.4 Å². The summed E-state index contributed by atoms with van der Waals surface area (Å²) >= 11 is 0. The van der Waals surface area contributed by atoms with Crippen LogP contribution in [-0.4, -0.2) is 34.7 Å². The molecule has 1 aromatic heterocycles. The Kier molecular flexibility index (Phi) is 8.35. The molecule has 0 spiro atoms. The number of nitrogens with two attached hydrogens (primary N) is 1. The first-order chi connectivity index (χ1) is 13.5. The predicted octanol–water partition coefficient (Wildman–Crippen LogP) is 4.10. The quantitative estimate of drug-likeness (QED) is 0.770. The van der Waals surface area contributed by atoms with Crippen molar-refractivity contribution in [3.63, 3.8) is 0 Å². The number of amides is 1. The normalized spacial score (nSPS) is 16.4. The zero-order valence-corrected chi connectivity index (χ0v) is 18.0. The lowest BCUT2D eigenvalue weighted by Crippen LogP contribution is -2.42. The van der Waals surface area contributed by atoms with Crippen LogP contribution in [0.15, 0.2) is 42.6 Å². The number of aromatic nitrogens is 1. The number of halogens is 1. The summed E-state index contributed by atoms with van der Waals surface area (Å²) in [6.45, 7) is 5.81. The minimum Gasteiger partial charge on any atom is -0.338 e. The summed E-state index contributed by atoms with van der Waals surface area (Å²) in [5.41, 5.74) is 9.12. The second kappa shape index (κ2) is 10.5. The lowest BCUT2D eigenvalue weighted by Gasteiger charge is -2.32. The highest BCUT2D eigenvalue weighted by Gasteiger charge is 2.29. The Morgan fingerprint density at radius 3 is 2.69 bits per heavy atom. The number of ketones is 1. The molecular formula is C23H30ClN3O2. The Labute approximate surface area is 179 Å². The second-order valence-electron chi connectivity index (χ2n) is 7.99. The Hall–Kier alpha value is -2.24. The van der Waals surface area contributed by atoms with Crippen molar-refractivity contribution in [1.82, 2.24) is 9.88 Å². The zero-order valence-electron chi connectivity index (χ0n) is 17.1. The van der Waals surface area contributed by atoms with Crippen molar-refractivity contribution in [2.24, 2.45) is 17.6 Å². The van der Waals surface area contributed by atoms with E-state index < -0.39 is 0 Å². The average molecular weight is 416 g/mol. The third kappa shape index (κ3) is 5.87. The van der Waals surface area contributed by atoms with Gasteiger partial charge in [-0.3, -0.25) is 14.6 Å². The van der Waals surface area contributed by atoms with Gasteiger partial charge in [-0.25, -0.2) is 0 Å². The number of pyridine rings is 1. The Morgan fingerprint density at radius 1 is 1.24 bits per heavy atom. The maximum absolute atomic E-state index is 12.9. The summed E-state index contributed by atoms with van der Waals surface area (Å²) in [5, 5.41) is 0. The van der Waals surface area contributed by atoms with E-state index in [1.54, 1.807) is 11.1 Å². The smallest absolute Gasteiger partial charge is 0.255 e. The summed E-state index contributed by atoms with van der Waals surface area (Å²) in [7, 11) is 0. The van der Waals surface area contributed by atoms with Crippen LogP contribution in [0.1, 0.15) is 49.0 Å². The summed E-state index contributed by atoms with van der Waals surface area (Å²) in [5.74, 6) is 0.553. The Bertz CT molecular complexity index is 836. The van der Waals surface area contributed by atoms with Crippen molar-refractivity contribution in [3.05, 3.63) is 53.7 Å². The van der Waals surface area contributed by atoms with Crippen LogP contribution in [0.3, 0.4) is 0 Å². The summed E-state index contributed by atoms with van der Waals surface area (Å²) in [4.78, 5) is 31.6. The number of carbonyl (C=O) groups is 2. The highest BCUT2D eigenvalue weighted by molar-refractivity contribution is 5.94. The molecule has 5 nitrogen and oxygen atoms in total. The van der Waals surface area contributed by atoms with E-state index in [9.17, 15) is 9.59 Å². The molecular weight excluding hydrogens is 386 g/mol. The molecule has 0 bridgehead atoms. The fourth-order valence-electron chi connectivity index (χ4n) is 3.72. The molecule has 0 saturated carbocycles. The van der Waals surface area contributed by atoms with Crippen molar-refractivity contribution in [2.75, 3.05) is 13.1 Å². The molecule has 2 heterocycles. The van der Waals surface area contributed by atoms with Gasteiger partial charge in [-0.15, -0.1) is 12.4 Å². The van der Waals surface area contributed by atoms with Gasteiger partial charge >= 0.3 is 0 Å². The van der Waals surface area contributed by atoms with Gasteiger partial charge in [0.15, 0.2) is 0 Å². The van der Waals surface area contributed by atoms with Crippen LogP contribution in [0, 0.1) is 11.8 Å². The van der Waals surface area contributed by atoms with E-state index in [1.807, 2.05) is 36.4 Å². The van der Waals surface area contributed by atoms with Crippen LogP contribution in [-0.2, 0) is 11.3 Å². The largest absolute Gasteiger partial charge is 0.338 e. The van der Waals surface area contributed by atoms with Gasteiger partial charge in [0.25, 0.3) is 5.91 Å². The SMILES string of the molecule is CC(C)CC(=O)C1CCCN(C(=O)c2ccc(-c3cccc(CN)c3)nc2)C1.Cl. The van der Waals surface area contributed by atoms with Gasteiger partial charge in [0, 0.05) is 43.7 Å². The van der Waals surface area contributed by atoms with Crippen LogP contribution < -0.4 is 5.73 Å². The molecule has 1 aliphatic rings. The molecule has 156 valence electrons. The maximum Gasteiger partial charge on any atom is 0.255 e. The molecule has 1 unspecified atom stereocenters. The Balaban J connectivity index is 0.00000300. The molecule has 2 aromatic rings. The fourth-order valence-corrected chi connectivity index (χ4v) is 3.72. The van der Waals surface area contributed by atoms with Crippen LogP contribution in [0.4, 0.5) is 0 Å². The van der Waals surface area contributed by atoms with E-state index in [0.29, 0.717) is 37.5 Å². The molecule has 1 atom stereocenters. The van der Waals surface area contributed by atoms with E-state index in [2.05, 4.69) is 18.8 Å². The lowest BCUT2D eigenvalue weighted by molar-refractivity contribution is -0.124. The number of carbonyl (C=O) groups excluding carboxylic acids is 2. The number of hydrogen-bond donors (Lipinski definition) is 1. The van der Waals surface area contributed by atoms with Gasteiger partial charge in [0.2, 0.25) is 0 Å². The summed E-state index contributed by atoms with van der Waals surface area (Å²) in [6, 6.07) is 11.6. The second-order valence-corrected chi connectivity index (χ2v) is 7.99. The number of benzene rings is 1. The number of rotatable bonds is 6.